The lowest BCUT2D eigenvalue weighted by molar-refractivity contribution is 0.0673. The first-order chi connectivity index (χ1) is 15.4. The monoisotopic (exact) mass is 452 g/mol. The summed E-state index contributed by atoms with van der Waals surface area (Å²) in [6.07, 6.45) is 1.49. The summed E-state index contributed by atoms with van der Waals surface area (Å²) in [5, 5.41) is 0.691. The summed E-state index contributed by atoms with van der Waals surface area (Å²) < 4.78 is 11.1. The molecule has 1 atom stereocenters. The molecular formula is C24H25ClN4O3. The van der Waals surface area contributed by atoms with Crippen molar-refractivity contribution in [2.75, 3.05) is 31.6 Å². The van der Waals surface area contributed by atoms with E-state index in [9.17, 15) is 4.79 Å². The number of hydrogen-bond donors (Lipinski definition) is 0. The van der Waals surface area contributed by atoms with Crippen LogP contribution in [0.5, 0.6) is 17.4 Å². The maximum Gasteiger partial charge on any atom is 0.254 e. The molecule has 166 valence electrons. The van der Waals surface area contributed by atoms with Gasteiger partial charge in [0.15, 0.2) is 0 Å². The maximum absolute atomic E-state index is 13.0. The molecule has 0 unspecified atom stereocenters. The van der Waals surface area contributed by atoms with E-state index in [0.29, 0.717) is 41.8 Å². The molecule has 32 heavy (non-hydrogen) atoms. The minimum absolute atomic E-state index is 0.0182. The molecule has 1 aromatic heterocycles. The number of hydrogen-bond acceptors (Lipinski definition) is 6. The van der Waals surface area contributed by atoms with Crippen LogP contribution in [0.4, 0.5) is 5.82 Å². The van der Waals surface area contributed by atoms with Crippen LogP contribution >= 0.6 is 11.6 Å². The molecule has 7 nitrogen and oxygen atoms in total. The van der Waals surface area contributed by atoms with Crippen molar-refractivity contribution in [3.05, 3.63) is 71.0 Å². The Morgan fingerprint density at radius 3 is 2.50 bits per heavy atom. The van der Waals surface area contributed by atoms with Crippen LogP contribution in [0.1, 0.15) is 22.8 Å². The van der Waals surface area contributed by atoms with Crippen LogP contribution in [-0.4, -0.2) is 53.6 Å². The fraction of sp³-hybridized carbons (Fsp3) is 0.292. The van der Waals surface area contributed by atoms with Crippen LogP contribution < -0.4 is 14.4 Å². The maximum atomic E-state index is 13.0. The molecule has 0 radical (unpaired) electrons. The van der Waals surface area contributed by atoms with Crippen LogP contribution in [0.25, 0.3) is 0 Å². The van der Waals surface area contributed by atoms with Crippen molar-refractivity contribution in [2.45, 2.75) is 19.9 Å². The van der Waals surface area contributed by atoms with Gasteiger partial charge >= 0.3 is 0 Å². The second-order valence-corrected chi connectivity index (χ2v) is 8.16. The van der Waals surface area contributed by atoms with Gasteiger partial charge < -0.3 is 19.3 Å². The summed E-state index contributed by atoms with van der Waals surface area (Å²) in [6.45, 7) is 5.90. The molecule has 1 amide bonds. The Kier molecular flexibility index (Phi) is 6.46. The van der Waals surface area contributed by atoms with E-state index in [1.807, 2.05) is 36.9 Å². The third-order valence-corrected chi connectivity index (χ3v) is 5.95. The second-order valence-electron chi connectivity index (χ2n) is 7.75. The van der Waals surface area contributed by atoms with E-state index in [1.54, 1.807) is 37.4 Å². The van der Waals surface area contributed by atoms with Crippen LogP contribution in [-0.2, 0) is 0 Å². The van der Waals surface area contributed by atoms with Gasteiger partial charge in [-0.1, -0.05) is 11.6 Å². The van der Waals surface area contributed by atoms with Crippen LogP contribution in [0.2, 0.25) is 5.02 Å². The Morgan fingerprint density at radius 2 is 1.81 bits per heavy atom. The van der Waals surface area contributed by atoms with Crippen molar-refractivity contribution in [1.29, 1.82) is 0 Å². The number of piperazine rings is 1. The third-order valence-electron chi connectivity index (χ3n) is 5.53. The number of halogens is 1. The second kappa shape index (κ2) is 9.44. The van der Waals surface area contributed by atoms with Crippen molar-refractivity contribution >= 4 is 23.3 Å². The molecule has 0 spiro atoms. The van der Waals surface area contributed by atoms with Gasteiger partial charge in [0.1, 0.15) is 23.6 Å². The fourth-order valence-electron chi connectivity index (χ4n) is 3.73. The van der Waals surface area contributed by atoms with Gasteiger partial charge in [0.2, 0.25) is 5.88 Å². The highest BCUT2D eigenvalue weighted by molar-refractivity contribution is 6.31. The average molecular weight is 453 g/mol. The quantitative estimate of drug-likeness (QED) is 0.564. The average Bonchev–Trinajstić information content (AvgIpc) is 2.81. The lowest BCUT2D eigenvalue weighted by Gasteiger charge is -2.40. The molecule has 3 aromatic rings. The lowest BCUT2D eigenvalue weighted by atomic mass is 10.1. The minimum atomic E-state index is 0.0182. The topological polar surface area (TPSA) is 67.8 Å². The van der Waals surface area contributed by atoms with Gasteiger partial charge in [0.25, 0.3) is 5.91 Å². The van der Waals surface area contributed by atoms with Crippen LogP contribution in [0, 0.1) is 6.92 Å². The smallest absolute Gasteiger partial charge is 0.254 e. The van der Waals surface area contributed by atoms with Crippen molar-refractivity contribution in [3.63, 3.8) is 0 Å². The van der Waals surface area contributed by atoms with E-state index >= 15 is 0 Å². The number of anilines is 1. The molecule has 1 saturated heterocycles. The standard InChI is InChI=1S/C24H25ClN4O3/c1-16-12-20(8-9-21(16)25)32-23-13-22(26-15-27-23)28-10-11-29(17(2)14-28)24(30)18-4-6-19(31-3)7-5-18/h4-9,12-13,15,17H,10-11,14H2,1-3H3/t17-/m1/s1. The van der Waals surface area contributed by atoms with E-state index in [1.165, 1.54) is 6.33 Å². The van der Waals surface area contributed by atoms with Crippen LogP contribution in [0.3, 0.4) is 0 Å². The molecule has 1 aliphatic rings. The Balaban J connectivity index is 1.43. The van der Waals surface area contributed by atoms with Crippen molar-refractivity contribution in [1.82, 2.24) is 14.9 Å². The highest BCUT2D eigenvalue weighted by atomic mass is 35.5. The van der Waals surface area contributed by atoms with E-state index in [4.69, 9.17) is 21.1 Å². The molecule has 0 N–H and O–H groups in total. The number of rotatable bonds is 5. The molecule has 0 aliphatic carbocycles. The Morgan fingerprint density at radius 1 is 1.06 bits per heavy atom. The molecule has 0 saturated carbocycles. The number of ether oxygens (including phenoxy) is 2. The fourth-order valence-corrected chi connectivity index (χ4v) is 3.84. The first-order valence-corrected chi connectivity index (χ1v) is 10.8. The van der Waals surface area contributed by atoms with Crippen molar-refractivity contribution in [2.24, 2.45) is 0 Å². The van der Waals surface area contributed by atoms with Gasteiger partial charge in [0, 0.05) is 42.3 Å². The van der Waals surface area contributed by atoms with Gasteiger partial charge in [0.05, 0.1) is 7.11 Å². The number of benzene rings is 2. The summed E-state index contributed by atoms with van der Waals surface area (Å²) in [5.74, 6) is 2.64. The summed E-state index contributed by atoms with van der Waals surface area (Å²) in [4.78, 5) is 25.7. The van der Waals surface area contributed by atoms with Gasteiger partial charge in [-0.2, -0.15) is 0 Å². The normalized spacial score (nSPS) is 16.1. The van der Waals surface area contributed by atoms with E-state index in [-0.39, 0.29) is 11.9 Å². The summed E-state index contributed by atoms with van der Waals surface area (Å²) in [7, 11) is 1.61. The van der Waals surface area contributed by atoms with Gasteiger partial charge in [-0.05, 0) is 61.9 Å². The van der Waals surface area contributed by atoms with Gasteiger partial charge in [-0.25, -0.2) is 9.97 Å². The number of carbonyl (C=O) groups is 1. The number of aryl methyl sites for hydroxylation is 1. The highest BCUT2D eigenvalue weighted by Crippen LogP contribution is 2.27. The Bertz CT molecular complexity index is 1110. The van der Waals surface area contributed by atoms with E-state index < -0.39 is 0 Å². The lowest BCUT2D eigenvalue weighted by Crippen LogP contribution is -2.54. The van der Waals surface area contributed by atoms with E-state index in [2.05, 4.69) is 14.9 Å². The molecule has 1 aliphatic heterocycles. The summed E-state index contributed by atoms with van der Waals surface area (Å²) in [6, 6.07) is 14.5. The predicted octanol–water partition coefficient (Wildman–Crippen LogP) is 4.59. The zero-order chi connectivity index (χ0) is 22.7. The molecule has 0 bridgehead atoms. The molecule has 8 heteroatoms. The predicted molar refractivity (Wildman–Crippen MR) is 124 cm³/mol. The zero-order valence-electron chi connectivity index (χ0n) is 18.3. The van der Waals surface area contributed by atoms with Crippen molar-refractivity contribution < 1.29 is 14.3 Å². The molecule has 4 rings (SSSR count). The number of aromatic nitrogens is 2. The molecule has 2 aromatic carbocycles. The van der Waals surface area contributed by atoms with Gasteiger partial charge in [-0.3, -0.25) is 4.79 Å². The number of nitrogens with zero attached hydrogens (tertiary/aromatic N) is 4. The SMILES string of the molecule is COc1ccc(C(=O)N2CCN(c3cc(Oc4ccc(Cl)c(C)c4)ncn3)C[C@H]2C)cc1. The highest BCUT2D eigenvalue weighted by Gasteiger charge is 2.29. The minimum Gasteiger partial charge on any atom is -0.497 e. The summed E-state index contributed by atoms with van der Waals surface area (Å²) >= 11 is 6.09. The Hall–Kier alpha value is -3.32. The number of carbonyl (C=O) groups excluding carboxylic acids is 1. The zero-order valence-corrected chi connectivity index (χ0v) is 19.0. The molecule has 2 heterocycles. The van der Waals surface area contributed by atoms with Crippen molar-refractivity contribution in [3.8, 4) is 17.4 Å². The third kappa shape index (κ3) is 4.78. The number of methoxy groups -OCH3 is 1. The molecule has 1 fully saturated rings. The van der Waals surface area contributed by atoms with Gasteiger partial charge in [-0.15, -0.1) is 0 Å². The number of amides is 1. The van der Waals surface area contributed by atoms with E-state index in [0.717, 1.165) is 17.1 Å². The van der Waals surface area contributed by atoms with Crippen LogP contribution in [0.15, 0.2) is 54.9 Å². The Labute approximate surface area is 192 Å². The molecular weight excluding hydrogens is 428 g/mol. The largest absolute Gasteiger partial charge is 0.497 e. The first kappa shape index (κ1) is 21.9. The summed E-state index contributed by atoms with van der Waals surface area (Å²) in [5.41, 5.74) is 1.59. The first-order valence-electron chi connectivity index (χ1n) is 10.4.